The molecule has 0 unspecified atom stereocenters. The van der Waals surface area contributed by atoms with Crippen molar-refractivity contribution in [2.24, 2.45) is 12.5 Å². The first-order valence-electron chi connectivity index (χ1n) is 10.6. The predicted molar refractivity (Wildman–Crippen MR) is 116 cm³/mol. The van der Waals surface area contributed by atoms with E-state index in [1.807, 2.05) is 47.4 Å². The number of nitrogens with zero attached hydrogens (tertiary/aromatic N) is 2. The van der Waals surface area contributed by atoms with E-state index in [1.165, 1.54) is 11.6 Å². The summed E-state index contributed by atoms with van der Waals surface area (Å²) in [5.41, 5.74) is 1.92. The lowest BCUT2D eigenvalue weighted by Crippen LogP contribution is -2.44. The summed E-state index contributed by atoms with van der Waals surface area (Å²) in [5.74, 6) is -0.0835. The molecule has 0 aliphatic carbocycles. The Bertz CT molecular complexity index is 1170. The molecular formula is C25H26N2O3. The highest BCUT2D eigenvalue weighted by molar-refractivity contribution is 6.06. The number of aryl methyl sites for hydroxylation is 1. The minimum atomic E-state index is -0.324. The van der Waals surface area contributed by atoms with Gasteiger partial charge in [0.25, 0.3) is 11.5 Å². The molecule has 2 aliphatic heterocycles. The monoisotopic (exact) mass is 402 g/mol. The third kappa shape index (κ3) is 2.80. The van der Waals surface area contributed by atoms with Crippen molar-refractivity contribution in [2.45, 2.75) is 37.8 Å². The number of carbonyl (C=O) groups is 1. The Hall–Kier alpha value is -2.92. The van der Waals surface area contributed by atoms with Gasteiger partial charge >= 0.3 is 0 Å². The number of rotatable bonds is 4. The van der Waals surface area contributed by atoms with Crippen molar-refractivity contribution in [3.05, 3.63) is 82.1 Å². The Balaban J connectivity index is 1.54. The summed E-state index contributed by atoms with van der Waals surface area (Å²) in [6.07, 6.45) is 3.41. The van der Waals surface area contributed by atoms with E-state index in [4.69, 9.17) is 0 Å². The zero-order valence-electron chi connectivity index (χ0n) is 17.1. The van der Waals surface area contributed by atoms with Gasteiger partial charge in [0.15, 0.2) is 0 Å². The molecule has 154 valence electrons. The van der Waals surface area contributed by atoms with Gasteiger partial charge in [-0.2, -0.15) is 0 Å². The molecule has 0 spiro atoms. The van der Waals surface area contributed by atoms with Crippen LogP contribution in [0.25, 0.3) is 10.9 Å². The minimum absolute atomic E-state index is 0.0111. The van der Waals surface area contributed by atoms with Gasteiger partial charge in [-0.3, -0.25) is 9.59 Å². The number of benzene rings is 2. The molecule has 2 fully saturated rings. The SMILES string of the molecule is Cn1c(=O)cc(C(=O)N2[C@H]3CC[C@@H]2[C@@](CO)(Cc2ccccc2)C3)c2ccccc21. The first-order chi connectivity index (χ1) is 14.5. The molecule has 3 heterocycles. The summed E-state index contributed by atoms with van der Waals surface area (Å²) >= 11 is 0. The van der Waals surface area contributed by atoms with Crippen molar-refractivity contribution in [3.63, 3.8) is 0 Å². The number of hydrogen-bond acceptors (Lipinski definition) is 3. The lowest BCUT2D eigenvalue weighted by atomic mass is 9.70. The maximum atomic E-state index is 13.7. The third-order valence-electron chi connectivity index (χ3n) is 7.18. The second-order valence-electron chi connectivity index (χ2n) is 8.82. The van der Waals surface area contributed by atoms with Crippen molar-refractivity contribution in [1.29, 1.82) is 0 Å². The van der Waals surface area contributed by atoms with E-state index in [9.17, 15) is 14.7 Å². The summed E-state index contributed by atoms with van der Waals surface area (Å²) in [5, 5.41) is 11.2. The molecule has 1 aromatic heterocycles. The van der Waals surface area contributed by atoms with E-state index >= 15 is 0 Å². The highest BCUT2D eigenvalue weighted by Gasteiger charge is 2.57. The van der Waals surface area contributed by atoms with Gasteiger partial charge in [-0.1, -0.05) is 48.5 Å². The van der Waals surface area contributed by atoms with Crippen LogP contribution in [0.1, 0.15) is 35.2 Å². The Morgan fingerprint density at radius 1 is 1.10 bits per heavy atom. The fraction of sp³-hybridized carbons (Fsp3) is 0.360. The van der Waals surface area contributed by atoms with E-state index in [0.29, 0.717) is 5.56 Å². The molecule has 2 bridgehead atoms. The summed E-state index contributed by atoms with van der Waals surface area (Å²) in [6.45, 7) is 0.0597. The second kappa shape index (κ2) is 7.10. The van der Waals surface area contributed by atoms with Crippen LogP contribution in [0.4, 0.5) is 0 Å². The molecule has 5 heteroatoms. The highest BCUT2D eigenvalue weighted by atomic mass is 16.3. The van der Waals surface area contributed by atoms with Crippen LogP contribution in [0.15, 0.2) is 65.5 Å². The Morgan fingerprint density at radius 3 is 2.60 bits per heavy atom. The van der Waals surface area contributed by atoms with Crippen molar-refractivity contribution < 1.29 is 9.90 Å². The van der Waals surface area contributed by atoms with E-state index in [2.05, 4.69) is 12.1 Å². The topological polar surface area (TPSA) is 62.5 Å². The van der Waals surface area contributed by atoms with Crippen LogP contribution >= 0.6 is 0 Å². The van der Waals surface area contributed by atoms with Crippen LogP contribution in [0.3, 0.4) is 0 Å². The van der Waals surface area contributed by atoms with Crippen molar-refractivity contribution in [2.75, 3.05) is 6.61 Å². The molecule has 0 saturated carbocycles. The molecule has 5 rings (SSSR count). The van der Waals surface area contributed by atoms with Gasteiger partial charge in [0.05, 0.1) is 17.7 Å². The van der Waals surface area contributed by atoms with Crippen LogP contribution in [0, 0.1) is 5.41 Å². The molecular weight excluding hydrogens is 376 g/mol. The Labute approximate surface area is 175 Å². The van der Waals surface area contributed by atoms with Gasteiger partial charge in [0, 0.05) is 36.0 Å². The van der Waals surface area contributed by atoms with E-state index in [1.54, 1.807) is 11.6 Å². The molecule has 3 atom stereocenters. The van der Waals surface area contributed by atoms with Crippen LogP contribution in [-0.4, -0.2) is 39.2 Å². The zero-order chi connectivity index (χ0) is 20.9. The molecule has 2 aromatic carbocycles. The molecule has 3 aromatic rings. The van der Waals surface area contributed by atoms with Crippen LogP contribution in [0.2, 0.25) is 0 Å². The molecule has 5 nitrogen and oxygen atoms in total. The molecule has 0 radical (unpaired) electrons. The summed E-state index contributed by atoms with van der Waals surface area (Å²) in [6, 6.07) is 19.3. The quantitative estimate of drug-likeness (QED) is 0.729. The number of amides is 1. The first kappa shape index (κ1) is 19.1. The smallest absolute Gasteiger partial charge is 0.255 e. The minimum Gasteiger partial charge on any atom is -0.396 e. The Morgan fingerprint density at radius 2 is 1.83 bits per heavy atom. The van der Waals surface area contributed by atoms with Crippen LogP contribution < -0.4 is 5.56 Å². The second-order valence-corrected chi connectivity index (χ2v) is 8.82. The normalized spacial score (nSPS) is 25.2. The molecule has 1 amide bonds. The Kier molecular flexibility index (Phi) is 4.51. The molecule has 2 aliphatic rings. The number of aromatic nitrogens is 1. The van der Waals surface area contributed by atoms with Gasteiger partial charge in [-0.15, -0.1) is 0 Å². The average molecular weight is 402 g/mol. The van der Waals surface area contributed by atoms with E-state index < -0.39 is 0 Å². The fourth-order valence-electron chi connectivity index (χ4n) is 5.74. The predicted octanol–water partition coefficient (Wildman–Crippen LogP) is 3.14. The number of para-hydroxylation sites is 1. The lowest BCUT2D eigenvalue weighted by molar-refractivity contribution is 0.0572. The van der Waals surface area contributed by atoms with Gasteiger partial charge in [-0.05, 0) is 37.3 Å². The number of aliphatic hydroxyl groups excluding tert-OH is 1. The number of pyridine rings is 1. The molecule has 2 saturated heterocycles. The van der Waals surface area contributed by atoms with Crippen molar-refractivity contribution in [1.82, 2.24) is 9.47 Å². The third-order valence-corrected chi connectivity index (χ3v) is 7.18. The van der Waals surface area contributed by atoms with E-state index in [0.717, 1.165) is 36.6 Å². The van der Waals surface area contributed by atoms with E-state index in [-0.39, 0.29) is 35.6 Å². The standard InChI is InChI=1S/C25H26N2O3/c1-26-21-10-6-5-9-19(21)20(13-23(26)29)24(30)27-18-11-12-22(27)25(15-18,16-28)14-17-7-3-2-4-8-17/h2-10,13,18,22,28H,11-12,14-16H2,1H3/t18-,22+,25-/m0/s1. The van der Waals surface area contributed by atoms with Gasteiger partial charge in [-0.25, -0.2) is 0 Å². The number of hydrogen-bond donors (Lipinski definition) is 1. The molecule has 1 N–H and O–H groups in total. The van der Waals surface area contributed by atoms with Crippen LogP contribution in [-0.2, 0) is 13.5 Å². The largest absolute Gasteiger partial charge is 0.396 e. The van der Waals surface area contributed by atoms with Crippen molar-refractivity contribution >= 4 is 16.8 Å². The number of fused-ring (bicyclic) bond motifs is 3. The van der Waals surface area contributed by atoms with Gasteiger partial charge in [0.1, 0.15) is 0 Å². The zero-order valence-corrected chi connectivity index (χ0v) is 17.1. The first-order valence-corrected chi connectivity index (χ1v) is 10.6. The lowest BCUT2D eigenvalue weighted by Gasteiger charge is -2.36. The van der Waals surface area contributed by atoms with Gasteiger partial charge < -0.3 is 14.6 Å². The number of carbonyl (C=O) groups excluding carboxylic acids is 1. The number of aliphatic hydroxyl groups is 1. The van der Waals surface area contributed by atoms with Crippen LogP contribution in [0.5, 0.6) is 0 Å². The summed E-state index contributed by atoms with van der Waals surface area (Å²) in [7, 11) is 1.73. The molecule has 30 heavy (non-hydrogen) atoms. The maximum Gasteiger partial charge on any atom is 0.255 e. The summed E-state index contributed by atoms with van der Waals surface area (Å²) < 4.78 is 1.58. The van der Waals surface area contributed by atoms with Gasteiger partial charge in [0.2, 0.25) is 0 Å². The fourth-order valence-corrected chi connectivity index (χ4v) is 5.74. The van der Waals surface area contributed by atoms with Crippen molar-refractivity contribution in [3.8, 4) is 0 Å². The highest BCUT2D eigenvalue weighted by Crippen LogP contribution is 2.51. The maximum absolute atomic E-state index is 13.7. The average Bonchev–Trinajstić information content (AvgIpc) is 3.32. The summed E-state index contributed by atoms with van der Waals surface area (Å²) in [4.78, 5) is 28.2.